The summed E-state index contributed by atoms with van der Waals surface area (Å²) in [5.41, 5.74) is 2.95. The zero-order valence-electron chi connectivity index (χ0n) is 14.4. The minimum absolute atomic E-state index is 0.540. The highest BCUT2D eigenvalue weighted by Gasteiger charge is 2.42. The number of hydrogen-bond acceptors (Lipinski definition) is 3. The van der Waals surface area contributed by atoms with E-state index in [0.29, 0.717) is 12.3 Å². The summed E-state index contributed by atoms with van der Waals surface area (Å²) in [6.07, 6.45) is 0. The molecule has 0 fully saturated rings. The zero-order valence-corrected chi connectivity index (χ0v) is 15.3. The van der Waals surface area contributed by atoms with Crippen LogP contribution in [0.5, 0.6) is 0 Å². The molecule has 2 nitrogen and oxygen atoms in total. The summed E-state index contributed by atoms with van der Waals surface area (Å²) in [6, 6.07) is 31.5. The van der Waals surface area contributed by atoms with E-state index in [9.17, 15) is 0 Å². The van der Waals surface area contributed by atoms with Crippen molar-refractivity contribution in [2.24, 2.45) is 0 Å². The number of thiol groups is 1. The molecular weight excluding hydrogens is 326 g/mol. The van der Waals surface area contributed by atoms with E-state index in [4.69, 9.17) is 4.84 Å². The third-order valence-electron chi connectivity index (χ3n) is 4.47. The van der Waals surface area contributed by atoms with Crippen LogP contribution < -0.4 is 0 Å². The van der Waals surface area contributed by atoms with Crippen molar-refractivity contribution in [2.45, 2.75) is 5.54 Å². The van der Waals surface area contributed by atoms with Crippen LogP contribution in [0.1, 0.15) is 16.7 Å². The molecule has 128 valence electrons. The van der Waals surface area contributed by atoms with Gasteiger partial charge in [-0.15, -0.1) is 0 Å². The number of hydrogen-bond donors (Lipinski definition) is 1. The molecule has 0 unspecified atom stereocenters. The van der Waals surface area contributed by atoms with Crippen molar-refractivity contribution in [2.75, 3.05) is 19.4 Å². The van der Waals surface area contributed by atoms with Crippen LogP contribution in [0, 0.1) is 0 Å². The summed E-state index contributed by atoms with van der Waals surface area (Å²) in [5, 5.41) is 2.03. The first-order valence-corrected chi connectivity index (χ1v) is 9.06. The molecule has 0 aliphatic heterocycles. The maximum atomic E-state index is 5.90. The molecule has 0 saturated heterocycles. The number of benzene rings is 3. The second-order valence-corrected chi connectivity index (χ2v) is 6.26. The monoisotopic (exact) mass is 349 g/mol. The zero-order chi connectivity index (χ0) is 17.5. The van der Waals surface area contributed by atoms with E-state index in [1.807, 2.05) is 23.3 Å². The van der Waals surface area contributed by atoms with E-state index in [1.54, 1.807) is 7.11 Å². The van der Waals surface area contributed by atoms with E-state index in [0.717, 1.165) is 16.7 Å². The molecule has 3 rings (SSSR count). The van der Waals surface area contributed by atoms with Crippen molar-refractivity contribution in [3.63, 3.8) is 0 Å². The van der Waals surface area contributed by atoms with Crippen LogP contribution >= 0.6 is 12.6 Å². The van der Waals surface area contributed by atoms with Crippen LogP contribution in [0.15, 0.2) is 91.0 Å². The van der Waals surface area contributed by atoms with Crippen LogP contribution in [0.3, 0.4) is 0 Å². The Morgan fingerprint density at radius 3 is 1.36 bits per heavy atom. The van der Waals surface area contributed by atoms with Crippen molar-refractivity contribution in [1.29, 1.82) is 0 Å². The molecule has 0 saturated carbocycles. The van der Waals surface area contributed by atoms with Gasteiger partial charge in [0, 0.05) is 12.3 Å². The van der Waals surface area contributed by atoms with Gasteiger partial charge in [0.05, 0.1) is 7.11 Å². The lowest BCUT2D eigenvalue weighted by Crippen LogP contribution is -2.48. The molecule has 3 aromatic carbocycles. The minimum Gasteiger partial charge on any atom is -0.301 e. The molecule has 0 aliphatic carbocycles. The van der Waals surface area contributed by atoms with Gasteiger partial charge in [-0.25, -0.2) is 0 Å². The first kappa shape index (κ1) is 17.7. The molecule has 0 N–H and O–H groups in total. The number of nitrogens with zero attached hydrogens (tertiary/aromatic N) is 1. The quantitative estimate of drug-likeness (QED) is 0.375. The summed E-state index contributed by atoms with van der Waals surface area (Å²) in [4.78, 5) is 5.90. The molecule has 3 aromatic rings. The second-order valence-electron chi connectivity index (χ2n) is 5.82. The van der Waals surface area contributed by atoms with E-state index < -0.39 is 5.54 Å². The van der Waals surface area contributed by atoms with E-state index in [1.165, 1.54) is 0 Å². The molecule has 3 heteroatoms. The molecule has 0 aromatic heterocycles. The van der Waals surface area contributed by atoms with Gasteiger partial charge in [0.2, 0.25) is 0 Å². The van der Waals surface area contributed by atoms with Crippen molar-refractivity contribution in [3.8, 4) is 0 Å². The normalized spacial score (nSPS) is 11.6. The van der Waals surface area contributed by atoms with E-state index in [-0.39, 0.29) is 0 Å². The Bertz CT molecular complexity index is 665. The van der Waals surface area contributed by atoms with Gasteiger partial charge in [0.1, 0.15) is 5.54 Å². The third-order valence-corrected chi connectivity index (χ3v) is 4.67. The van der Waals surface area contributed by atoms with E-state index >= 15 is 0 Å². The average Bonchev–Trinajstić information content (AvgIpc) is 2.70. The van der Waals surface area contributed by atoms with Gasteiger partial charge < -0.3 is 4.84 Å². The molecule has 0 aliphatic rings. The van der Waals surface area contributed by atoms with Gasteiger partial charge >= 0.3 is 0 Å². The smallest absolute Gasteiger partial charge is 0.121 e. The van der Waals surface area contributed by atoms with Crippen molar-refractivity contribution < 1.29 is 4.84 Å². The predicted octanol–water partition coefficient (Wildman–Crippen LogP) is 4.77. The number of rotatable bonds is 7. The Morgan fingerprint density at radius 1 is 0.720 bits per heavy atom. The molecular formula is C22H23NOS. The lowest BCUT2D eigenvalue weighted by atomic mass is 9.76. The number of hydroxylamine groups is 2. The van der Waals surface area contributed by atoms with Gasteiger partial charge in [-0.1, -0.05) is 91.0 Å². The SMILES string of the molecule is CON(CCS)C(c1ccccc1)(c1ccccc1)c1ccccc1. The molecule has 0 atom stereocenters. The summed E-state index contributed by atoms with van der Waals surface area (Å²) >= 11 is 4.46. The minimum atomic E-state index is -0.540. The predicted molar refractivity (Wildman–Crippen MR) is 107 cm³/mol. The van der Waals surface area contributed by atoms with Crippen molar-refractivity contribution in [3.05, 3.63) is 108 Å². The maximum absolute atomic E-state index is 5.90. The highest BCUT2D eigenvalue weighted by molar-refractivity contribution is 7.80. The summed E-state index contributed by atoms with van der Waals surface area (Å²) < 4.78 is 0. The van der Waals surface area contributed by atoms with Gasteiger partial charge in [0.15, 0.2) is 0 Å². The van der Waals surface area contributed by atoms with E-state index in [2.05, 4.69) is 85.4 Å². The third kappa shape index (κ3) is 3.36. The molecule has 0 bridgehead atoms. The first-order chi connectivity index (χ1) is 12.3. The molecule has 0 radical (unpaired) electrons. The second kappa shape index (κ2) is 8.34. The Labute approximate surface area is 155 Å². The van der Waals surface area contributed by atoms with Gasteiger partial charge in [-0.05, 0) is 16.7 Å². The fraction of sp³-hybridized carbons (Fsp3) is 0.182. The largest absolute Gasteiger partial charge is 0.301 e. The summed E-state index contributed by atoms with van der Waals surface area (Å²) in [6.45, 7) is 0.693. The lowest BCUT2D eigenvalue weighted by Gasteiger charge is -2.43. The van der Waals surface area contributed by atoms with Crippen molar-refractivity contribution in [1.82, 2.24) is 5.06 Å². The van der Waals surface area contributed by atoms with Gasteiger partial charge in [-0.3, -0.25) is 0 Å². The van der Waals surface area contributed by atoms with Crippen LogP contribution in [0.4, 0.5) is 0 Å². The summed E-state index contributed by atoms with van der Waals surface area (Å²) in [7, 11) is 1.73. The standard InChI is InChI=1S/C22H23NOS/c1-24-23(17-18-25)22(19-11-5-2-6-12-19,20-13-7-3-8-14-20)21-15-9-4-10-16-21/h2-16,25H,17-18H2,1H3. The first-order valence-electron chi connectivity index (χ1n) is 8.43. The highest BCUT2D eigenvalue weighted by atomic mass is 32.1. The molecule has 0 spiro atoms. The Morgan fingerprint density at radius 2 is 1.08 bits per heavy atom. The van der Waals surface area contributed by atoms with Crippen LogP contribution in [-0.2, 0) is 10.4 Å². The van der Waals surface area contributed by atoms with Crippen LogP contribution in [0.2, 0.25) is 0 Å². The molecule has 0 amide bonds. The topological polar surface area (TPSA) is 12.5 Å². The maximum Gasteiger partial charge on any atom is 0.121 e. The Balaban J connectivity index is 2.35. The molecule has 25 heavy (non-hydrogen) atoms. The molecule has 0 heterocycles. The average molecular weight is 349 g/mol. The lowest BCUT2D eigenvalue weighted by molar-refractivity contribution is -0.177. The summed E-state index contributed by atoms with van der Waals surface area (Å²) in [5.74, 6) is 0.697. The van der Waals surface area contributed by atoms with Gasteiger partial charge in [0.25, 0.3) is 0 Å². The van der Waals surface area contributed by atoms with Crippen LogP contribution in [-0.4, -0.2) is 24.5 Å². The fourth-order valence-electron chi connectivity index (χ4n) is 3.46. The van der Waals surface area contributed by atoms with Crippen molar-refractivity contribution >= 4 is 12.6 Å². The highest BCUT2D eigenvalue weighted by Crippen LogP contribution is 2.42. The van der Waals surface area contributed by atoms with Crippen LogP contribution in [0.25, 0.3) is 0 Å². The van der Waals surface area contributed by atoms with Gasteiger partial charge in [-0.2, -0.15) is 17.7 Å². The Hall–Kier alpha value is -2.07. The Kier molecular flexibility index (Phi) is 5.92. The fourth-order valence-corrected chi connectivity index (χ4v) is 3.64.